The van der Waals surface area contributed by atoms with Gasteiger partial charge in [0.2, 0.25) is 0 Å². The highest BCUT2D eigenvalue weighted by Crippen LogP contribution is 2.20. The lowest BCUT2D eigenvalue weighted by atomic mass is 9.98. The van der Waals surface area contributed by atoms with E-state index in [1.165, 1.54) is 38.5 Å². The first kappa shape index (κ1) is 22.0. The van der Waals surface area contributed by atoms with Crippen molar-refractivity contribution in [2.24, 2.45) is 4.99 Å². The van der Waals surface area contributed by atoms with Crippen LogP contribution in [-0.4, -0.2) is 50.8 Å². The molecular weight excluding hydrogens is 358 g/mol. The maximum atomic E-state index is 5.99. The average Bonchev–Trinajstić information content (AvgIpc) is 3.15. The standard InChI is InChI=1S/C20H37N5OS/c1-4-21-19(23-15-17-16-27-20(24-17)25(2)3)22-13-9-6-10-14-26-18-11-7-5-8-12-18/h16,18H,4-15H2,1-3H3,(H2,21,22,23). The van der Waals surface area contributed by atoms with Gasteiger partial charge < -0.3 is 20.3 Å². The summed E-state index contributed by atoms with van der Waals surface area (Å²) in [5.41, 5.74) is 1.01. The lowest BCUT2D eigenvalue weighted by Crippen LogP contribution is -2.37. The maximum absolute atomic E-state index is 5.99. The number of anilines is 1. The van der Waals surface area contributed by atoms with Crippen LogP contribution in [0.2, 0.25) is 0 Å². The van der Waals surface area contributed by atoms with E-state index in [1.54, 1.807) is 11.3 Å². The van der Waals surface area contributed by atoms with Gasteiger partial charge in [-0.1, -0.05) is 19.3 Å². The van der Waals surface area contributed by atoms with E-state index in [0.717, 1.165) is 49.3 Å². The molecule has 0 aromatic carbocycles. The van der Waals surface area contributed by atoms with Gasteiger partial charge in [0.05, 0.1) is 18.3 Å². The largest absolute Gasteiger partial charge is 0.378 e. The van der Waals surface area contributed by atoms with Crippen molar-refractivity contribution >= 4 is 22.4 Å². The number of rotatable bonds is 11. The summed E-state index contributed by atoms with van der Waals surface area (Å²) in [6, 6.07) is 0. The summed E-state index contributed by atoms with van der Waals surface area (Å²) < 4.78 is 5.99. The number of hydrogen-bond donors (Lipinski definition) is 2. The van der Waals surface area contributed by atoms with Gasteiger partial charge in [0.25, 0.3) is 0 Å². The SMILES string of the molecule is CCNC(=NCc1csc(N(C)C)n1)NCCCCCOC1CCCCC1. The zero-order valence-electron chi connectivity index (χ0n) is 17.3. The van der Waals surface area contributed by atoms with Crippen molar-refractivity contribution in [1.29, 1.82) is 0 Å². The molecular formula is C20H37N5OS. The molecule has 0 spiro atoms. The molecule has 0 unspecified atom stereocenters. The predicted octanol–water partition coefficient (Wildman–Crippen LogP) is 3.78. The van der Waals surface area contributed by atoms with Crippen LogP contribution >= 0.6 is 11.3 Å². The van der Waals surface area contributed by atoms with Gasteiger partial charge in [-0.15, -0.1) is 11.3 Å². The lowest BCUT2D eigenvalue weighted by Gasteiger charge is -2.21. The van der Waals surface area contributed by atoms with Gasteiger partial charge in [0, 0.05) is 39.2 Å². The van der Waals surface area contributed by atoms with E-state index in [4.69, 9.17) is 4.74 Å². The number of nitrogens with zero attached hydrogens (tertiary/aromatic N) is 3. The fraction of sp³-hybridized carbons (Fsp3) is 0.800. The van der Waals surface area contributed by atoms with E-state index >= 15 is 0 Å². The van der Waals surface area contributed by atoms with Gasteiger partial charge in [-0.3, -0.25) is 0 Å². The Morgan fingerprint density at radius 2 is 2.04 bits per heavy atom. The maximum Gasteiger partial charge on any atom is 0.191 e. The van der Waals surface area contributed by atoms with Crippen molar-refractivity contribution in [2.75, 3.05) is 38.7 Å². The van der Waals surface area contributed by atoms with Crippen LogP contribution < -0.4 is 15.5 Å². The van der Waals surface area contributed by atoms with Gasteiger partial charge in [0.15, 0.2) is 11.1 Å². The van der Waals surface area contributed by atoms with Crippen LogP contribution in [-0.2, 0) is 11.3 Å². The zero-order valence-corrected chi connectivity index (χ0v) is 18.1. The second-order valence-electron chi connectivity index (χ2n) is 7.33. The Morgan fingerprint density at radius 1 is 1.22 bits per heavy atom. The summed E-state index contributed by atoms with van der Waals surface area (Å²) >= 11 is 1.65. The van der Waals surface area contributed by atoms with Crippen molar-refractivity contribution in [3.8, 4) is 0 Å². The molecule has 1 saturated carbocycles. The second kappa shape index (κ2) is 12.9. The number of ether oxygens (including phenoxy) is 1. The van der Waals surface area contributed by atoms with Crippen LogP contribution in [0.15, 0.2) is 10.4 Å². The van der Waals surface area contributed by atoms with Crippen molar-refractivity contribution in [1.82, 2.24) is 15.6 Å². The van der Waals surface area contributed by atoms with Crippen LogP contribution in [0, 0.1) is 0 Å². The number of aliphatic imine (C=N–C) groups is 1. The van der Waals surface area contributed by atoms with E-state index in [2.05, 4.69) is 32.9 Å². The average molecular weight is 396 g/mol. The second-order valence-corrected chi connectivity index (χ2v) is 8.17. The monoisotopic (exact) mass is 395 g/mol. The Bertz CT molecular complexity index is 540. The smallest absolute Gasteiger partial charge is 0.191 e. The van der Waals surface area contributed by atoms with Gasteiger partial charge in [-0.25, -0.2) is 9.98 Å². The molecule has 6 nitrogen and oxygen atoms in total. The molecule has 2 rings (SSSR count). The summed E-state index contributed by atoms with van der Waals surface area (Å²) in [6.07, 6.45) is 10.6. The number of thiazole rings is 1. The van der Waals surface area contributed by atoms with Crippen molar-refractivity contribution in [3.63, 3.8) is 0 Å². The fourth-order valence-electron chi connectivity index (χ4n) is 3.17. The third-order valence-corrected chi connectivity index (χ3v) is 5.74. The normalized spacial score (nSPS) is 15.7. The van der Waals surface area contributed by atoms with Gasteiger partial charge in [-0.2, -0.15) is 0 Å². The Morgan fingerprint density at radius 3 is 2.74 bits per heavy atom. The first-order valence-electron chi connectivity index (χ1n) is 10.4. The number of hydrogen-bond acceptors (Lipinski definition) is 5. The molecule has 1 fully saturated rings. The van der Waals surface area contributed by atoms with Crippen LogP contribution in [0.5, 0.6) is 0 Å². The molecule has 1 aromatic rings. The predicted molar refractivity (Wildman–Crippen MR) is 116 cm³/mol. The molecule has 1 aliphatic rings. The summed E-state index contributed by atoms with van der Waals surface area (Å²) in [7, 11) is 4.02. The molecule has 1 aromatic heterocycles. The van der Waals surface area contributed by atoms with Crippen molar-refractivity contribution in [2.45, 2.75) is 70.9 Å². The molecule has 0 radical (unpaired) electrons. The third-order valence-electron chi connectivity index (χ3n) is 4.68. The Labute approximate surface area is 168 Å². The highest BCUT2D eigenvalue weighted by molar-refractivity contribution is 7.13. The van der Waals surface area contributed by atoms with Crippen LogP contribution in [0.1, 0.15) is 64.0 Å². The molecule has 2 N–H and O–H groups in total. The van der Waals surface area contributed by atoms with Gasteiger partial charge >= 0.3 is 0 Å². The third kappa shape index (κ3) is 8.93. The summed E-state index contributed by atoms with van der Waals surface area (Å²) in [5, 5.41) is 9.83. The minimum absolute atomic E-state index is 0.531. The highest BCUT2D eigenvalue weighted by Gasteiger charge is 2.12. The van der Waals surface area contributed by atoms with E-state index in [1.807, 2.05) is 19.0 Å². The fourth-order valence-corrected chi connectivity index (χ4v) is 3.92. The minimum atomic E-state index is 0.531. The van der Waals surface area contributed by atoms with Crippen LogP contribution in [0.25, 0.3) is 0 Å². The summed E-state index contributed by atoms with van der Waals surface area (Å²) in [6.45, 7) is 5.41. The van der Waals surface area contributed by atoms with Crippen LogP contribution in [0.4, 0.5) is 5.13 Å². The first-order chi connectivity index (χ1) is 13.2. The number of nitrogens with one attached hydrogen (secondary N) is 2. The molecule has 0 atom stereocenters. The molecule has 0 aliphatic heterocycles. The molecule has 7 heteroatoms. The number of aromatic nitrogens is 1. The number of unbranched alkanes of at least 4 members (excludes halogenated alkanes) is 2. The Kier molecular flexibility index (Phi) is 10.5. The summed E-state index contributed by atoms with van der Waals surface area (Å²) in [5.74, 6) is 0.871. The first-order valence-corrected chi connectivity index (χ1v) is 11.3. The molecule has 0 saturated heterocycles. The highest BCUT2D eigenvalue weighted by atomic mass is 32.1. The molecule has 154 valence electrons. The Hall–Kier alpha value is -1.34. The molecule has 0 amide bonds. The quantitative estimate of drug-likeness (QED) is 0.339. The Balaban J connectivity index is 1.59. The lowest BCUT2D eigenvalue weighted by molar-refractivity contribution is 0.0264. The topological polar surface area (TPSA) is 61.8 Å². The van der Waals surface area contributed by atoms with E-state index in [-0.39, 0.29) is 0 Å². The van der Waals surface area contributed by atoms with Gasteiger partial charge in [0.1, 0.15) is 0 Å². The van der Waals surface area contributed by atoms with Gasteiger partial charge in [-0.05, 0) is 39.0 Å². The molecule has 1 heterocycles. The van der Waals surface area contributed by atoms with E-state index < -0.39 is 0 Å². The van der Waals surface area contributed by atoms with E-state index in [9.17, 15) is 0 Å². The summed E-state index contributed by atoms with van der Waals surface area (Å²) in [4.78, 5) is 11.3. The van der Waals surface area contributed by atoms with Crippen molar-refractivity contribution < 1.29 is 4.74 Å². The molecule has 1 aliphatic carbocycles. The molecule has 27 heavy (non-hydrogen) atoms. The number of guanidine groups is 1. The zero-order chi connectivity index (χ0) is 19.3. The van der Waals surface area contributed by atoms with Crippen molar-refractivity contribution in [3.05, 3.63) is 11.1 Å². The van der Waals surface area contributed by atoms with E-state index in [0.29, 0.717) is 12.6 Å². The minimum Gasteiger partial charge on any atom is -0.378 e. The molecule has 0 bridgehead atoms. The van der Waals surface area contributed by atoms with Crippen LogP contribution in [0.3, 0.4) is 0 Å².